The third-order valence-corrected chi connectivity index (χ3v) is 16.4. The third-order valence-electron chi connectivity index (χ3n) is 16.4. The van der Waals surface area contributed by atoms with E-state index in [9.17, 15) is 23.5 Å². The van der Waals surface area contributed by atoms with Crippen LogP contribution in [0.3, 0.4) is 0 Å². The van der Waals surface area contributed by atoms with Crippen molar-refractivity contribution in [3.8, 4) is 0 Å². The Bertz CT molecular complexity index is 2510. The molecule has 2 aromatic heterocycles. The Hall–Kier alpha value is -4.14. The zero-order valence-corrected chi connectivity index (χ0v) is 45.7. The molecule has 16 heteroatoms. The van der Waals surface area contributed by atoms with Gasteiger partial charge < -0.3 is 34.3 Å². The standard InChI is InChI=1S/C31H41FN2O4.C30H39FN2O4.Li.H2O/c1-36-31(35)30(27-19-24(32)12-14-26(27)29-10-4-5-18-38-29)34-16-15-22(20-34)21-37-17-6-8-25-13-11-23-7-2-3-9-28(23)33-25;31-23-11-13-25(28-9-3-4-17-37-28)26(18-23)29(30(34)35)33-15-14-21(19-33)20-36-16-5-7-24-12-10-22-6-1-2-8-27(22)32-24;;/h11-14,19,22,29-30H,2-10,15-18,20-21H2,1H3;10-13,18,21,28-29H,1-9,14-17,19-20H2,(H,34,35);;1H2/q;;+1;/p-1/t22-,29+,30?;21-,28+,29?;;/m11../s1. The number of methoxy groups -OCH3 is 1. The summed E-state index contributed by atoms with van der Waals surface area (Å²) in [6.07, 6.45) is 20.6. The zero-order chi connectivity index (χ0) is 51.9. The number of ether oxygens (including phenoxy) is 5. The van der Waals surface area contributed by atoms with Crippen molar-refractivity contribution in [3.63, 3.8) is 0 Å². The summed E-state index contributed by atoms with van der Waals surface area (Å²) in [6.45, 7) is 6.73. The van der Waals surface area contributed by atoms with Crippen LogP contribution in [0.4, 0.5) is 8.78 Å². The molecule has 2 unspecified atom stereocenters. The molecule has 0 spiro atoms. The summed E-state index contributed by atoms with van der Waals surface area (Å²) < 4.78 is 57.9. The second kappa shape index (κ2) is 30.4. The molecule has 6 atom stereocenters. The number of esters is 1. The Morgan fingerprint density at radius 1 is 0.636 bits per heavy atom. The number of hydrogen-bond acceptors (Lipinski definition) is 12. The number of carboxylic acids is 1. The number of hydrogen-bond donors (Lipinski definition) is 1. The molecule has 0 saturated carbocycles. The second-order valence-electron chi connectivity index (χ2n) is 21.8. The van der Waals surface area contributed by atoms with Gasteiger partial charge in [0.25, 0.3) is 0 Å². The second-order valence-corrected chi connectivity index (χ2v) is 21.8. The maximum atomic E-state index is 14.4. The van der Waals surface area contributed by atoms with E-state index in [0.29, 0.717) is 76.3 Å². The van der Waals surface area contributed by atoms with Crippen LogP contribution in [0.2, 0.25) is 0 Å². The van der Waals surface area contributed by atoms with Gasteiger partial charge in [0, 0.05) is 62.3 Å². The molecule has 2 aromatic carbocycles. The number of rotatable bonds is 20. The summed E-state index contributed by atoms with van der Waals surface area (Å²) in [5, 5.41) is 10.2. The molecule has 0 bridgehead atoms. The Balaban J connectivity index is 0.000000218. The number of fused-ring (bicyclic) bond motifs is 2. The number of aryl methyl sites for hydroxylation is 6. The predicted octanol–water partition coefficient (Wildman–Crippen LogP) is 7.79. The van der Waals surface area contributed by atoms with Gasteiger partial charge in [0.2, 0.25) is 0 Å². The number of halogens is 2. The number of benzene rings is 2. The molecular weight excluding hydrogens is 978 g/mol. The normalized spacial score (nSPS) is 22.3. The largest absolute Gasteiger partial charge is 1.00 e. The van der Waals surface area contributed by atoms with E-state index in [0.717, 1.165) is 132 Å². The SMILES string of the molecule is COC(=O)C(c1cc(F)ccc1[C@@H]1CCCCO1)N1CC[C@@H](COCCCc2ccc3c(n2)CCCC3)C1.O=C(O)C(c1cc(F)ccc1[C@@H]1CCCCO1)N1CC[C@@H](COCCCc2ccc3c(n2)CCCC3)C1.[Li+].[OH-]. The maximum absolute atomic E-state index is 14.4. The molecular formula is C61H81F2LiN4O9. The van der Waals surface area contributed by atoms with Gasteiger partial charge in [-0.25, -0.2) is 13.6 Å². The first-order valence-corrected chi connectivity index (χ1v) is 28.4. The summed E-state index contributed by atoms with van der Waals surface area (Å²) in [6, 6.07) is 16.6. The minimum atomic E-state index is -0.943. The minimum Gasteiger partial charge on any atom is -0.870 e. The van der Waals surface area contributed by atoms with Crippen LogP contribution >= 0.6 is 0 Å². The maximum Gasteiger partial charge on any atom is 1.00 e. The van der Waals surface area contributed by atoms with E-state index in [1.807, 2.05) is 4.90 Å². The van der Waals surface area contributed by atoms with E-state index in [-0.39, 0.29) is 54.2 Å². The molecule has 4 saturated heterocycles. The molecule has 2 aliphatic carbocycles. The molecule has 10 rings (SSSR count). The van der Waals surface area contributed by atoms with Gasteiger partial charge in [0.05, 0.1) is 32.5 Å². The molecule has 6 heterocycles. The number of aliphatic carboxylic acids is 1. The monoisotopic (exact) mass is 1060 g/mol. The number of carbonyl (C=O) groups is 2. The molecule has 2 N–H and O–H groups in total. The van der Waals surface area contributed by atoms with Crippen molar-refractivity contribution in [2.24, 2.45) is 11.8 Å². The van der Waals surface area contributed by atoms with E-state index in [4.69, 9.17) is 33.7 Å². The Morgan fingerprint density at radius 3 is 1.56 bits per heavy atom. The Labute approximate surface area is 467 Å². The van der Waals surface area contributed by atoms with Crippen LogP contribution in [0.15, 0.2) is 60.7 Å². The predicted molar refractivity (Wildman–Crippen MR) is 284 cm³/mol. The number of carbonyl (C=O) groups excluding carboxylic acids is 1. The minimum absolute atomic E-state index is 0. The van der Waals surface area contributed by atoms with Crippen LogP contribution in [-0.2, 0) is 71.8 Å². The number of likely N-dealkylation sites (tertiary alicyclic amines) is 2. The van der Waals surface area contributed by atoms with Crippen molar-refractivity contribution in [3.05, 3.63) is 128 Å². The van der Waals surface area contributed by atoms with Crippen LogP contribution < -0.4 is 18.9 Å². The molecule has 414 valence electrons. The molecule has 4 fully saturated rings. The van der Waals surface area contributed by atoms with Gasteiger partial charge in [-0.2, -0.15) is 0 Å². The smallest absolute Gasteiger partial charge is 0.870 e. The van der Waals surface area contributed by atoms with Crippen LogP contribution in [0.5, 0.6) is 0 Å². The van der Waals surface area contributed by atoms with Crippen LogP contribution in [0.25, 0.3) is 0 Å². The molecule has 4 aliphatic heterocycles. The first-order valence-electron chi connectivity index (χ1n) is 28.4. The van der Waals surface area contributed by atoms with Gasteiger partial charge in [-0.1, -0.05) is 24.3 Å². The summed E-state index contributed by atoms with van der Waals surface area (Å²) >= 11 is 0. The average molecular weight is 1060 g/mol. The van der Waals surface area contributed by atoms with Gasteiger partial charge >= 0.3 is 30.8 Å². The van der Waals surface area contributed by atoms with Crippen molar-refractivity contribution in [1.29, 1.82) is 0 Å². The number of pyridine rings is 2. The van der Waals surface area contributed by atoms with Crippen LogP contribution in [0, 0.1) is 23.5 Å². The summed E-state index contributed by atoms with van der Waals surface area (Å²) in [7, 11) is 1.40. The Morgan fingerprint density at radius 2 is 1.10 bits per heavy atom. The van der Waals surface area contributed by atoms with Crippen LogP contribution in [-0.4, -0.2) is 115 Å². The van der Waals surface area contributed by atoms with Crippen molar-refractivity contribution in [2.75, 3.05) is 72.9 Å². The van der Waals surface area contributed by atoms with Gasteiger partial charge in [-0.05, 0) is 223 Å². The van der Waals surface area contributed by atoms with E-state index >= 15 is 0 Å². The van der Waals surface area contributed by atoms with Gasteiger partial charge in [0.15, 0.2) is 0 Å². The molecule has 0 amide bonds. The fourth-order valence-corrected chi connectivity index (χ4v) is 12.4. The van der Waals surface area contributed by atoms with E-state index in [2.05, 4.69) is 29.2 Å². The molecule has 4 aromatic rings. The van der Waals surface area contributed by atoms with Crippen molar-refractivity contribution in [2.45, 2.75) is 153 Å². The van der Waals surface area contributed by atoms with E-state index in [1.165, 1.54) is 79.6 Å². The topological polar surface area (TPSA) is 163 Å². The quantitative estimate of drug-likeness (QED) is 0.0519. The third kappa shape index (κ3) is 16.5. The van der Waals surface area contributed by atoms with Gasteiger partial charge in [-0.3, -0.25) is 24.6 Å². The summed E-state index contributed by atoms with van der Waals surface area (Å²) in [5.74, 6) is -1.46. The zero-order valence-electron chi connectivity index (χ0n) is 45.7. The number of carboxylic acid groups (broad SMARTS) is 1. The first kappa shape index (κ1) is 60.5. The Kier molecular flexibility index (Phi) is 23.9. The molecule has 6 aliphatic rings. The molecule has 0 radical (unpaired) electrons. The van der Waals surface area contributed by atoms with Gasteiger partial charge in [-0.15, -0.1) is 0 Å². The van der Waals surface area contributed by atoms with E-state index < -0.39 is 23.9 Å². The van der Waals surface area contributed by atoms with Crippen molar-refractivity contribution < 1.29 is 71.5 Å². The summed E-state index contributed by atoms with van der Waals surface area (Å²) in [5.41, 5.74) is 10.6. The van der Waals surface area contributed by atoms with Crippen molar-refractivity contribution >= 4 is 11.9 Å². The number of aromatic nitrogens is 2. The first-order chi connectivity index (χ1) is 36.7. The van der Waals surface area contributed by atoms with Gasteiger partial charge in [0.1, 0.15) is 23.7 Å². The fraction of sp³-hybridized carbons (Fsp3) is 0.607. The molecule has 13 nitrogen and oxygen atoms in total. The average Bonchev–Trinajstić information content (AvgIpc) is 4.11. The van der Waals surface area contributed by atoms with Crippen LogP contribution in [0.1, 0.15) is 170 Å². The molecule has 77 heavy (non-hydrogen) atoms. The van der Waals surface area contributed by atoms with E-state index in [1.54, 1.807) is 12.1 Å². The summed E-state index contributed by atoms with van der Waals surface area (Å²) in [4.78, 5) is 39.3. The number of nitrogens with zero attached hydrogens (tertiary/aromatic N) is 4. The van der Waals surface area contributed by atoms with Crippen molar-refractivity contribution in [1.82, 2.24) is 19.8 Å². The fourth-order valence-electron chi connectivity index (χ4n) is 12.4.